The molecule has 1 heterocycles. The largest absolute Gasteiger partial charge is 0.812 e. The van der Waals surface area contributed by atoms with Gasteiger partial charge >= 0.3 is 0 Å². The first kappa shape index (κ1) is 14.6. The third kappa shape index (κ3) is 5.23. The molecule has 3 atom stereocenters. The van der Waals surface area contributed by atoms with Gasteiger partial charge in [0.2, 0.25) is 0 Å². The predicted octanol–water partition coefficient (Wildman–Crippen LogP) is -0.975. The summed E-state index contributed by atoms with van der Waals surface area (Å²) in [7, 11) is 5.56. The van der Waals surface area contributed by atoms with Gasteiger partial charge in [0.05, 0.1) is 18.8 Å². The zero-order valence-corrected chi connectivity index (χ0v) is 10.9. The summed E-state index contributed by atoms with van der Waals surface area (Å²) in [6.07, 6.45) is -0.796. The molecule has 1 rings (SSSR count). The van der Waals surface area contributed by atoms with Crippen LogP contribution in [0.4, 0.5) is 0 Å². The average Bonchev–Trinajstić information content (AvgIpc) is 2.39. The summed E-state index contributed by atoms with van der Waals surface area (Å²) in [4.78, 5) is 21.7. The lowest BCUT2D eigenvalue weighted by atomic mass is 9.96. The van der Waals surface area contributed by atoms with Crippen LogP contribution in [0.2, 0.25) is 0 Å². The highest BCUT2D eigenvalue weighted by atomic mass is 32.5. The summed E-state index contributed by atoms with van der Waals surface area (Å²) in [5, 5.41) is 0. The van der Waals surface area contributed by atoms with E-state index in [0.717, 1.165) is 0 Å². The topological polar surface area (TPSA) is 73.8 Å². The van der Waals surface area contributed by atoms with Gasteiger partial charge in [0.15, 0.2) is 0 Å². The van der Waals surface area contributed by atoms with Crippen LogP contribution in [-0.4, -0.2) is 38.8 Å². The SMILES string of the molecule is [B][C@H]1CC(OP([O-])([O-])=S)[C@@H](COC(C)C)O1. The molecule has 0 amide bonds. The van der Waals surface area contributed by atoms with Crippen molar-refractivity contribution in [1.82, 2.24) is 0 Å². The predicted molar refractivity (Wildman–Crippen MR) is 59.3 cm³/mol. The maximum absolute atomic E-state index is 10.9. The molecule has 1 saturated heterocycles. The third-order valence-corrected chi connectivity index (χ3v) is 2.87. The van der Waals surface area contributed by atoms with Gasteiger partial charge in [-0.2, -0.15) is 0 Å². The molecular formula is C8H14BO5PS-2. The Bertz CT molecular complexity index is 271. The molecule has 1 unspecified atom stereocenters. The van der Waals surface area contributed by atoms with Crippen LogP contribution < -0.4 is 9.79 Å². The molecule has 1 aliphatic heterocycles. The van der Waals surface area contributed by atoms with Crippen molar-refractivity contribution in [2.45, 2.75) is 44.6 Å². The fourth-order valence-electron chi connectivity index (χ4n) is 1.46. The van der Waals surface area contributed by atoms with Crippen LogP contribution in [0.25, 0.3) is 0 Å². The van der Waals surface area contributed by atoms with E-state index in [1.54, 1.807) is 0 Å². The van der Waals surface area contributed by atoms with Crippen LogP contribution in [-0.2, 0) is 25.8 Å². The van der Waals surface area contributed by atoms with Gasteiger partial charge in [0.1, 0.15) is 14.0 Å². The Hall–Kier alpha value is 0.515. The van der Waals surface area contributed by atoms with Crippen molar-refractivity contribution in [2.75, 3.05) is 6.61 Å². The van der Waals surface area contributed by atoms with E-state index in [2.05, 4.69) is 11.8 Å². The molecule has 0 spiro atoms. The molecule has 1 fully saturated rings. The Labute approximate surface area is 102 Å². The van der Waals surface area contributed by atoms with Gasteiger partial charge in [-0.15, -0.1) is 11.8 Å². The molecule has 8 heteroatoms. The summed E-state index contributed by atoms with van der Waals surface area (Å²) < 4.78 is 15.4. The molecule has 0 aliphatic carbocycles. The van der Waals surface area contributed by atoms with Gasteiger partial charge < -0.3 is 23.8 Å². The Morgan fingerprint density at radius 3 is 2.69 bits per heavy atom. The van der Waals surface area contributed by atoms with E-state index in [-0.39, 0.29) is 12.7 Å². The maximum atomic E-state index is 10.9. The van der Waals surface area contributed by atoms with E-state index in [1.165, 1.54) is 0 Å². The van der Waals surface area contributed by atoms with E-state index in [1.807, 2.05) is 13.8 Å². The second kappa shape index (κ2) is 5.91. The smallest absolute Gasteiger partial charge is 0.109 e. The maximum Gasteiger partial charge on any atom is 0.109 e. The lowest BCUT2D eigenvalue weighted by molar-refractivity contribution is -0.325. The van der Waals surface area contributed by atoms with Crippen molar-refractivity contribution < 1.29 is 23.8 Å². The van der Waals surface area contributed by atoms with Crippen molar-refractivity contribution in [3.05, 3.63) is 0 Å². The summed E-state index contributed by atoms with van der Waals surface area (Å²) in [6, 6.07) is -0.535. The Morgan fingerprint density at radius 1 is 1.56 bits per heavy atom. The van der Waals surface area contributed by atoms with Crippen LogP contribution in [0.1, 0.15) is 20.3 Å². The summed E-state index contributed by atoms with van der Waals surface area (Å²) >= 11 is 4.19. The molecule has 0 aromatic carbocycles. The van der Waals surface area contributed by atoms with Crippen molar-refractivity contribution >= 4 is 26.4 Å². The van der Waals surface area contributed by atoms with E-state index in [0.29, 0.717) is 6.42 Å². The number of rotatable bonds is 5. The van der Waals surface area contributed by atoms with Crippen LogP contribution in [0, 0.1) is 0 Å². The molecular weight excluding hydrogens is 250 g/mol. The first-order chi connectivity index (χ1) is 7.28. The Balaban J connectivity index is 2.49. The quantitative estimate of drug-likeness (QED) is 0.469. The van der Waals surface area contributed by atoms with Crippen LogP contribution in [0.3, 0.4) is 0 Å². The molecule has 0 aromatic heterocycles. The second-order valence-electron chi connectivity index (χ2n) is 3.92. The molecule has 2 radical (unpaired) electrons. The minimum atomic E-state index is -4.18. The molecule has 1 aliphatic rings. The summed E-state index contributed by atoms with van der Waals surface area (Å²) in [6.45, 7) is -0.200. The Morgan fingerprint density at radius 2 is 2.19 bits per heavy atom. The molecule has 0 N–H and O–H groups in total. The highest BCUT2D eigenvalue weighted by Crippen LogP contribution is 2.34. The summed E-state index contributed by atoms with van der Waals surface area (Å²) in [5.41, 5.74) is 0. The standard InChI is InChI=1S/C8H16BO5PS/c1-5(2)12-4-7-6(3-8(9)13-7)14-15(10,11)16/h5-8H,3-4H2,1-2H3,(H2,10,11,16)/p-2/t6?,7-,8-/m1/s1. The third-order valence-electron chi connectivity index (χ3n) is 2.09. The zero-order valence-electron chi connectivity index (χ0n) is 9.20. The lowest BCUT2D eigenvalue weighted by Gasteiger charge is -2.38. The fourth-order valence-corrected chi connectivity index (χ4v) is 2.34. The van der Waals surface area contributed by atoms with E-state index >= 15 is 0 Å². The summed E-state index contributed by atoms with van der Waals surface area (Å²) in [5.74, 6) is 0. The minimum absolute atomic E-state index is 0.0311. The molecule has 92 valence electrons. The van der Waals surface area contributed by atoms with Crippen LogP contribution in [0.15, 0.2) is 0 Å². The zero-order chi connectivity index (χ0) is 12.3. The molecule has 5 nitrogen and oxygen atoms in total. The van der Waals surface area contributed by atoms with Crippen molar-refractivity contribution in [3.63, 3.8) is 0 Å². The molecule has 16 heavy (non-hydrogen) atoms. The highest BCUT2D eigenvalue weighted by molar-refractivity contribution is 8.05. The number of hydrogen-bond acceptors (Lipinski definition) is 6. The minimum Gasteiger partial charge on any atom is -0.812 e. The van der Waals surface area contributed by atoms with E-state index in [4.69, 9.17) is 21.8 Å². The van der Waals surface area contributed by atoms with Crippen molar-refractivity contribution in [1.29, 1.82) is 0 Å². The Kier molecular flexibility index (Phi) is 5.39. The monoisotopic (exact) mass is 264 g/mol. The van der Waals surface area contributed by atoms with Gasteiger partial charge in [-0.1, -0.05) is 6.72 Å². The van der Waals surface area contributed by atoms with Crippen molar-refractivity contribution in [2.24, 2.45) is 0 Å². The van der Waals surface area contributed by atoms with Gasteiger partial charge in [-0.05, 0) is 20.3 Å². The van der Waals surface area contributed by atoms with Gasteiger partial charge in [-0.25, -0.2) is 0 Å². The first-order valence-corrected chi connectivity index (χ1v) is 7.56. The first-order valence-electron chi connectivity index (χ1n) is 5.01. The van der Waals surface area contributed by atoms with Gasteiger partial charge in [0.25, 0.3) is 0 Å². The fraction of sp³-hybridized carbons (Fsp3) is 1.00. The van der Waals surface area contributed by atoms with E-state index < -0.39 is 24.9 Å². The van der Waals surface area contributed by atoms with Gasteiger partial charge in [0, 0.05) is 6.00 Å². The molecule has 0 bridgehead atoms. The number of ether oxygens (including phenoxy) is 2. The van der Waals surface area contributed by atoms with Gasteiger partial charge in [-0.3, -0.25) is 0 Å². The molecule has 0 aromatic rings. The highest BCUT2D eigenvalue weighted by Gasteiger charge is 2.33. The van der Waals surface area contributed by atoms with Crippen LogP contribution in [0.5, 0.6) is 0 Å². The van der Waals surface area contributed by atoms with Crippen LogP contribution >= 0.6 is 6.72 Å². The van der Waals surface area contributed by atoms with E-state index in [9.17, 15) is 9.79 Å². The van der Waals surface area contributed by atoms with Crippen molar-refractivity contribution in [3.8, 4) is 0 Å². The average molecular weight is 264 g/mol. The normalized spacial score (nSPS) is 31.2. The second-order valence-corrected chi connectivity index (χ2v) is 6.37. The lowest BCUT2D eigenvalue weighted by Crippen LogP contribution is -2.32. The molecule has 0 saturated carbocycles. The number of hydrogen-bond donors (Lipinski definition) is 0.